The van der Waals surface area contributed by atoms with Crippen LogP contribution in [-0.4, -0.2) is 38.8 Å². The summed E-state index contributed by atoms with van der Waals surface area (Å²) in [6.45, 7) is 0.679. The minimum atomic E-state index is -3.45. The molecule has 0 spiro atoms. The van der Waals surface area contributed by atoms with Crippen molar-refractivity contribution in [3.05, 3.63) is 60.2 Å². The SMILES string of the molecule is COc1ccc(NC(=O)C2CCCN(S(=O)(=O)Cc3ccccc3)C2)cc1. The van der Waals surface area contributed by atoms with E-state index in [1.165, 1.54) is 4.31 Å². The topological polar surface area (TPSA) is 75.7 Å². The van der Waals surface area contributed by atoms with Gasteiger partial charge in [0.15, 0.2) is 0 Å². The largest absolute Gasteiger partial charge is 0.497 e. The minimum Gasteiger partial charge on any atom is -0.497 e. The van der Waals surface area contributed by atoms with Crippen LogP contribution in [0.25, 0.3) is 0 Å². The van der Waals surface area contributed by atoms with Gasteiger partial charge >= 0.3 is 0 Å². The van der Waals surface area contributed by atoms with Crippen molar-refractivity contribution in [3.8, 4) is 5.75 Å². The Morgan fingerprint density at radius 2 is 1.85 bits per heavy atom. The average molecular weight is 388 g/mol. The van der Waals surface area contributed by atoms with Crippen molar-refractivity contribution < 1.29 is 17.9 Å². The molecule has 0 radical (unpaired) electrons. The fourth-order valence-corrected chi connectivity index (χ4v) is 4.81. The lowest BCUT2D eigenvalue weighted by molar-refractivity contribution is -0.120. The van der Waals surface area contributed by atoms with Crippen molar-refractivity contribution >= 4 is 21.6 Å². The molecule has 1 aliphatic rings. The first-order valence-electron chi connectivity index (χ1n) is 8.94. The van der Waals surface area contributed by atoms with Crippen molar-refractivity contribution in [2.75, 3.05) is 25.5 Å². The van der Waals surface area contributed by atoms with Crippen LogP contribution < -0.4 is 10.1 Å². The molecule has 1 saturated heterocycles. The molecule has 1 unspecified atom stereocenters. The first-order valence-corrected chi connectivity index (χ1v) is 10.6. The summed E-state index contributed by atoms with van der Waals surface area (Å²) in [5.41, 5.74) is 1.42. The van der Waals surface area contributed by atoms with Gasteiger partial charge in [-0.05, 0) is 42.7 Å². The number of carbonyl (C=O) groups excluding carboxylic acids is 1. The van der Waals surface area contributed by atoms with Gasteiger partial charge in [0.25, 0.3) is 0 Å². The number of hydrogen-bond donors (Lipinski definition) is 1. The Hall–Kier alpha value is -2.38. The summed E-state index contributed by atoms with van der Waals surface area (Å²) in [5.74, 6) is 0.163. The standard InChI is InChI=1S/C20H24N2O4S/c1-26-19-11-9-18(10-12-19)21-20(23)17-8-5-13-22(14-17)27(24,25)15-16-6-3-2-4-7-16/h2-4,6-7,9-12,17H,5,8,13-15H2,1H3,(H,21,23). The summed E-state index contributed by atoms with van der Waals surface area (Å²) in [5, 5.41) is 2.87. The number of nitrogens with one attached hydrogen (secondary N) is 1. The zero-order chi connectivity index (χ0) is 19.3. The number of rotatable bonds is 6. The number of piperidine rings is 1. The minimum absolute atomic E-state index is 0.0410. The molecule has 0 aliphatic carbocycles. The van der Waals surface area contributed by atoms with E-state index in [0.29, 0.717) is 30.8 Å². The highest BCUT2D eigenvalue weighted by atomic mass is 32.2. The van der Waals surface area contributed by atoms with E-state index in [-0.39, 0.29) is 24.1 Å². The lowest BCUT2D eigenvalue weighted by Gasteiger charge is -2.31. The number of anilines is 1. The quantitative estimate of drug-likeness (QED) is 0.826. The van der Waals surface area contributed by atoms with E-state index >= 15 is 0 Å². The number of nitrogens with zero attached hydrogens (tertiary/aromatic N) is 1. The fraction of sp³-hybridized carbons (Fsp3) is 0.350. The van der Waals surface area contributed by atoms with E-state index in [1.54, 1.807) is 43.5 Å². The number of hydrogen-bond acceptors (Lipinski definition) is 4. The van der Waals surface area contributed by atoms with Crippen molar-refractivity contribution in [2.24, 2.45) is 5.92 Å². The third-order valence-corrected chi connectivity index (χ3v) is 6.51. The molecule has 1 aliphatic heterocycles. The summed E-state index contributed by atoms with van der Waals surface area (Å²) in [6.07, 6.45) is 1.36. The van der Waals surface area contributed by atoms with Crippen LogP contribution in [0, 0.1) is 5.92 Å². The van der Waals surface area contributed by atoms with Crippen molar-refractivity contribution in [1.82, 2.24) is 4.31 Å². The molecular weight excluding hydrogens is 364 g/mol. The lowest BCUT2D eigenvalue weighted by atomic mass is 9.99. The molecule has 1 N–H and O–H groups in total. The third-order valence-electron chi connectivity index (χ3n) is 4.70. The van der Waals surface area contributed by atoms with E-state index in [9.17, 15) is 13.2 Å². The van der Waals surface area contributed by atoms with Gasteiger partial charge in [0.1, 0.15) is 5.75 Å². The first-order chi connectivity index (χ1) is 13.0. The molecule has 0 bridgehead atoms. The highest BCUT2D eigenvalue weighted by Gasteiger charge is 2.32. The number of carbonyl (C=O) groups is 1. The summed E-state index contributed by atoms with van der Waals surface area (Å²) in [6, 6.07) is 16.2. The maximum absolute atomic E-state index is 12.7. The Bertz CT molecular complexity index is 867. The molecular formula is C20H24N2O4S. The van der Waals surface area contributed by atoms with Gasteiger partial charge in [-0.1, -0.05) is 30.3 Å². The second-order valence-corrected chi connectivity index (χ2v) is 8.63. The van der Waals surface area contributed by atoms with Crippen LogP contribution >= 0.6 is 0 Å². The molecule has 3 rings (SSSR count). The Morgan fingerprint density at radius 1 is 1.15 bits per heavy atom. The van der Waals surface area contributed by atoms with Crippen LogP contribution in [0.1, 0.15) is 18.4 Å². The summed E-state index contributed by atoms with van der Waals surface area (Å²) in [7, 11) is -1.86. The van der Waals surface area contributed by atoms with E-state index < -0.39 is 10.0 Å². The lowest BCUT2D eigenvalue weighted by Crippen LogP contribution is -2.44. The van der Waals surface area contributed by atoms with Gasteiger partial charge in [-0.3, -0.25) is 4.79 Å². The summed E-state index contributed by atoms with van der Waals surface area (Å²) in [4.78, 5) is 12.6. The predicted molar refractivity (Wildman–Crippen MR) is 105 cm³/mol. The maximum Gasteiger partial charge on any atom is 0.228 e. The van der Waals surface area contributed by atoms with Crippen LogP contribution in [0.15, 0.2) is 54.6 Å². The Morgan fingerprint density at radius 3 is 2.52 bits per heavy atom. The predicted octanol–water partition coefficient (Wildman–Crippen LogP) is 2.88. The zero-order valence-electron chi connectivity index (χ0n) is 15.3. The van der Waals surface area contributed by atoms with Gasteiger partial charge in [0.2, 0.25) is 15.9 Å². The van der Waals surface area contributed by atoms with Gasteiger partial charge in [-0.15, -0.1) is 0 Å². The molecule has 1 heterocycles. The smallest absolute Gasteiger partial charge is 0.228 e. The molecule has 0 aromatic heterocycles. The second kappa shape index (κ2) is 8.54. The normalized spacial score (nSPS) is 18.0. The molecule has 27 heavy (non-hydrogen) atoms. The van der Waals surface area contributed by atoms with Gasteiger partial charge in [-0.2, -0.15) is 0 Å². The van der Waals surface area contributed by atoms with Crippen LogP contribution in [0.2, 0.25) is 0 Å². The highest BCUT2D eigenvalue weighted by molar-refractivity contribution is 7.88. The molecule has 6 nitrogen and oxygen atoms in total. The molecule has 144 valence electrons. The van der Waals surface area contributed by atoms with Crippen LogP contribution in [0.4, 0.5) is 5.69 Å². The van der Waals surface area contributed by atoms with Gasteiger partial charge in [0.05, 0.1) is 18.8 Å². The maximum atomic E-state index is 12.7. The zero-order valence-corrected chi connectivity index (χ0v) is 16.1. The first kappa shape index (κ1) is 19.4. The van der Waals surface area contributed by atoms with E-state index in [4.69, 9.17) is 4.74 Å². The number of methoxy groups -OCH3 is 1. The molecule has 2 aromatic carbocycles. The Labute approximate surface area is 160 Å². The Balaban J connectivity index is 1.63. The van der Waals surface area contributed by atoms with Gasteiger partial charge in [-0.25, -0.2) is 12.7 Å². The average Bonchev–Trinajstić information content (AvgIpc) is 2.69. The van der Waals surface area contributed by atoms with E-state index in [0.717, 1.165) is 5.56 Å². The Kier molecular flexibility index (Phi) is 6.13. The number of benzene rings is 2. The molecule has 1 fully saturated rings. The number of ether oxygens (including phenoxy) is 1. The van der Waals surface area contributed by atoms with Crippen molar-refractivity contribution in [2.45, 2.75) is 18.6 Å². The van der Waals surface area contributed by atoms with Gasteiger partial charge in [0, 0.05) is 18.8 Å². The molecule has 1 amide bonds. The van der Waals surface area contributed by atoms with Crippen LogP contribution in [-0.2, 0) is 20.6 Å². The molecule has 1 atom stereocenters. The van der Waals surface area contributed by atoms with E-state index in [2.05, 4.69) is 5.32 Å². The summed E-state index contributed by atoms with van der Waals surface area (Å²) >= 11 is 0. The van der Waals surface area contributed by atoms with Crippen molar-refractivity contribution in [1.29, 1.82) is 0 Å². The third kappa shape index (κ3) is 5.08. The summed E-state index contributed by atoms with van der Waals surface area (Å²) < 4.78 is 32.0. The number of sulfonamides is 1. The van der Waals surface area contributed by atoms with Crippen LogP contribution in [0.5, 0.6) is 5.75 Å². The highest BCUT2D eigenvalue weighted by Crippen LogP contribution is 2.23. The molecule has 0 saturated carbocycles. The second-order valence-electron chi connectivity index (χ2n) is 6.66. The fourth-order valence-electron chi connectivity index (χ4n) is 3.20. The molecule has 2 aromatic rings. The van der Waals surface area contributed by atoms with Crippen molar-refractivity contribution in [3.63, 3.8) is 0 Å². The monoisotopic (exact) mass is 388 g/mol. The number of amides is 1. The van der Waals surface area contributed by atoms with Gasteiger partial charge < -0.3 is 10.1 Å². The molecule has 7 heteroatoms. The van der Waals surface area contributed by atoms with E-state index in [1.807, 2.05) is 18.2 Å². The van der Waals surface area contributed by atoms with Crippen LogP contribution in [0.3, 0.4) is 0 Å².